The maximum atomic E-state index is 13.2. The standard InChI is InChI=1S/C11H10BrFN2O/c1-15-6-8(14-11(15)12)7-16-10-5-3-2-4-9(10)13/h2-6H,7H2,1H3. The summed E-state index contributed by atoms with van der Waals surface area (Å²) in [5.74, 6) is -0.123. The third-order valence-electron chi connectivity index (χ3n) is 2.08. The number of aryl methyl sites for hydroxylation is 1. The number of imidazole rings is 1. The number of para-hydroxylation sites is 1. The van der Waals surface area contributed by atoms with Crippen LogP contribution in [-0.2, 0) is 13.7 Å². The second kappa shape index (κ2) is 4.65. The van der Waals surface area contributed by atoms with Gasteiger partial charge in [0.15, 0.2) is 16.3 Å². The lowest BCUT2D eigenvalue weighted by molar-refractivity contribution is 0.286. The normalized spacial score (nSPS) is 10.4. The summed E-state index contributed by atoms with van der Waals surface area (Å²) >= 11 is 3.28. The molecule has 0 aliphatic carbocycles. The van der Waals surface area contributed by atoms with Gasteiger partial charge in [0.05, 0.1) is 5.69 Å². The van der Waals surface area contributed by atoms with Crippen LogP contribution in [0.1, 0.15) is 5.69 Å². The van der Waals surface area contributed by atoms with Crippen LogP contribution in [0.4, 0.5) is 4.39 Å². The molecule has 0 bridgehead atoms. The first-order valence-electron chi connectivity index (χ1n) is 4.72. The predicted octanol–water partition coefficient (Wildman–Crippen LogP) is 2.90. The van der Waals surface area contributed by atoms with E-state index in [9.17, 15) is 4.39 Å². The number of halogens is 2. The van der Waals surface area contributed by atoms with Gasteiger partial charge in [-0.05, 0) is 28.1 Å². The Balaban J connectivity index is 2.05. The molecule has 84 valence electrons. The number of hydrogen-bond acceptors (Lipinski definition) is 2. The van der Waals surface area contributed by atoms with Crippen LogP contribution in [0.2, 0.25) is 0 Å². The molecule has 0 aliphatic heterocycles. The molecule has 0 N–H and O–H groups in total. The molecular formula is C11H10BrFN2O. The number of rotatable bonds is 3. The van der Waals surface area contributed by atoms with Crippen molar-refractivity contribution in [3.05, 3.63) is 46.7 Å². The van der Waals surface area contributed by atoms with Crippen molar-refractivity contribution in [1.29, 1.82) is 0 Å². The third-order valence-corrected chi connectivity index (χ3v) is 2.82. The lowest BCUT2D eigenvalue weighted by Gasteiger charge is -2.04. The maximum Gasteiger partial charge on any atom is 0.177 e. The minimum atomic E-state index is -0.363. The summed E-state index contributed by atoms with van der Waals surface area (Å²) < 4.78 is 21.1. The second-order valence-corrected chi connectivity index (χ2v) is 4.04. The minimum absolute atomic E-state index is 0.240. The highest BCUT2D eigenvalue weighted by Gasteiger charge is 2.05. The summed E-state index contributed by atoms with van der Waals surface area (Å²) in [5.41, 5.74) is 0.748. The zero-order valence-electron chi connectivity index (χ0n) is 8.65. The summed E-state index contributed by atoms with van der Waals surface area (Å²) in [5, 5.41) is 0. The Morgan fingerprint density at radius 3 is 2.81 bits per heavy atom. The zero-order valence-corrected chi connectivity index (χ0v) is 10.2. The molecule has 0 saturated heterocycles. The highest BCUT2D eigenvalue weighted by atomic mass is 79.9. The van der Waals surface area contributed by atoms with Crippen molar-refractivity contribution in [2.75, 3.05) is 0 Å². The van der Waals surface area contributed by atoms with Gasteiger partial charge in [-0.3, -0.25) is 0 Å². The van der Waals surface area contributed by atoms with Gasteiger partial charge in [0.1, 0.15) is 6.61 Å². The smallest absolute Gasteiger partial charge is 0.177 e. The molecular weight excluding hydrogens is 275 g/mol. The molecule has 2 aromatic rings. The van der Waals surface area contributed by atoms with Gasteiger partial charge < -0.3 is 9.30 Å². The van der Waals surface area contributed by atoms with E-state index in [0.29, 0.717) is 0 Å². The van der Waals surface area contributed by atoms with Crippen LogP contribution < -0.4 is 4.74 Å². The van der Waals surface area contributed by atoms with E-state index in [2.05, 4.69) is 20.9 Å². The first kappa shape index (κ1) is 11.1. The van der Waals surface area contributed by atoms with E-state index in [-0.39, 0.29) is 18.2 Å². The van der Waals surface area contributed by atoms with Gasteiger partial charge in [0.25, 0.3) is 0 Å². The highest BCUT2D eigenvalue weighted by molar-refractivity contribution is 9.10. The monoisotopic (exact) mass is 284 g/mol. The Morgan fingerprint density at radius 1 is 1.44 bits per heavy atom. The van der Waals surface area contributed by atoms with Crippen molar-refractivity contribution in [2.45, 2.75) is 6.61 Å². The Kier molecular flexibility index (Phi) is 3.24. The largest absolute Gasteiger partial charge is 0.484 e. The van der Waals surface area contributed by atoms with Crippen molar-refractivity contribution in [3.63, 3.8) is 0 Å². The van der Waals surface area contributed by atoms with Crippen LogP contribution >= 0.6 is 15.9 Å². The maximum absolute atomic E-state index is 13.2. The second-order valence-electron chi connectivity index (χ2n) is 3.33. The minimum Gasteiger partial charge on any atom is -0.484 e. The Bertz CT molecular complexity index is 479. The van der Waals surface area contributed by atoms with Crippen molar-refractivity contribution >= 4 is 15.9 Å². The summed E-state index contributed by atoms with van der Waals surface area (Å²) in [6.45, 7) is 0.250. The van der Waals surface area contributed by atoms with Gasteiger partial charge in [-0.1, -0.05) is 12.1 Å². The van der Waals surface area contributed by atoms with Crippen LogP contribution in [0.15, 0.2) is 35.2 Å². The van der Waals surface area contributed by atoms with E-state index < -0.39 is 0 Å². The van der Waals surface area contributed by atoms with Crippen molar-refractivity contribution in [2.24, 2.45) is 7.05 Å². The Morgan fingerprint density at radius 2 is 2.19 bits per heavy atom. The third kappa shape index (κ3) is 2.41. The fourth-order valence-electron chi connectivity index (χ4n) is 1.29. The van der Waals surface area contributed by atoms with E-state index in [0.717, 1.165) is 10.4 Å². The first-order valence-corrected chi connectivity index (χ1v) is 5.51. The molecule has 3 nitrogen and oxygen atoms in total. The molecule has 5 heteroatoms. The molecule has 0 saturated carbocycles. The van der Waals surface area contributed by atoms with E-state index in [1.165, 1.54) is 6.07 Å². The topological polar surface area (TPSA) is 27.1 Å². The Labute approximate surface area is 101 Å². The molecule has 0 amide bonds. The van der Waals surface area contributed by atoms with Crippen LogP contribution in [0.3, 0.4) is 0 Å². The predicted molar refractivity (Wildman–Crippen MR) is 61.6 cm³/mol. The molecule has 1 heterocycles. The summed E-state index contributed by atoms with van der Waals surface area (Å²) in [7, 11) is 1.86. The molecule has 2 rings (SSSR count). The SMILES string of the molecule is Cn1cc(COc2ccccc2F)nc1Br. The summed E-state index contributed by atoms with van der Waals surface area (Å²) in [4.78, 5) is 4.19. The average Bonchev–Trinajstić information content (AvgIpc) is 2.57. The van der Waals surface area contributed by atoms with E-state index in [4.69, 9.17) is 4.74 Å². The number of benzene rings is 1. The lowest BCUT2D eigenvalue weighted by Crippen LogP contribution is -1.97. The number of ether oxygens (including phenoxy) is 1. The van der Waals surface area contributed by atoms with Crippen molar-refractivity contribution < 1.29 is 9.13 Å². The lowest BCUT2D eigenvalue weighted by atomic mass is 10.3. The van der Waals surface area contributed by atoms with Crippen LogP contribution in [-0.4, -0.2) is 9.55 Å². The molecule has 16 heavy (non-hydrogen) atoms. The zero-order chi connectivity index (χ0) is 11.5. The van der Waals surface area contributed by atoms with Crippen LogP contribution in [0.5, 0.6) is 5.75 Å². The van der Waals surface area contributed by atoms with E-state index >= 15 is 0 Å². The van der Waals surface area contributed by atoms with E-state index in [1.54, 1.807) is 18.2 Å². The highest BCUT2D eigenvalue weighted by Crippen LogP contribution is 2.17. The van der Waals surface area contributed by atoms with E-state index in [1.807, 2.05) is 17.8 Å². The van der Waals surface area contributed by atoms with Gasteiger partial charge in [-0.15, -0.1) is 0 Å². The first-order chi connectivity index (χ1) is 7.66. The van der Waals surface area contributed by atoms with Gasteiger partial charge in [0, 0.05) is 13.2 Å². The molecule has 0 spiro atoms. The fourth-order valence-corrected chi connectivity index (χ4v) is 1.62. The fraction of sp³-hybridized carbons (Fsp3) is 0.182. The molecule has 0 aliphatic rings. The van der Waals surface area contributed by atoms with Gasteiger partial charge in [-0.2, -0.15) is 0 Å². The quantitative estimate of drug-likeness (QED) is 0.867. The van der Waals surface area contributed by atoms with Gasteiger partial charge in [0.2, 0.25) is 0 Å². The summed E-state index contributed by atoms with van der Waals surface area (Å²) in [6.07, 6.45) is 1.82. The van der Waals surface area contributed by atoms with Gasteiger partial charge >= 0.3 is 0 Å². The molecule has 0 unspecified atom stereocenters. The number of nitrogens with zero attached hydrogens (tertiary/aromatic N) is 2. The van der Waals surface area contributed by atoms with Crippen LogP contribution in [0.25, 0.3) is 0 Å². The average molecular weight is 285 g/mol. The molecule has 1 aromatic heterocycles. The summed E-state index contributed by atoms with van der Waals surface area (Å²) in [6, 6.07) is 6.31. The Hall–Kier alpha value is -1.36. The van der Waals surface area contributed by atoms with Crippen molar-refractivity contribution in [1.82, 2.24) is 9.55 Å². The molecule has 1 aromatic carbocycles. The van der Waals surface area contributed by atoms with Crippen molar-refractivity contribution in [3.8, 4) is 5.75 Å². The number of hydrogen-bond donors (Lipinski definition) is 0. The van der Waals surface area contributed by atoms with Crippen LogP contribution in [0, 0.1) is 5.82 Å². The van der Waals surface area contributed by atoms with Gasteiger partial charge in [-0.25, -0.2) is 9.37 Å². The molecule has 0 atom stereocenters. The molecule has 0 radical (unpaired) electrons. The number of aromatic nitrogens is 2. The molecule has 0 fully saturated rings.